The summed E-state index contributed by atoms with van der Waals surface area (Å²) >= 11 is 0. The van der Waals surface area contributed by atoms with E-state index < -0.39 is 6.04 Å². The Hall–Kier alpha value is -1.92. The van der Waals surface area contributed by atoms with Crippen molar-refractivity contribution >= 4 is 23.7 Å². The molecule has 7 heteroatoms. The van der Waals surface area contributed by atoms with Gasteiger partial charge in [-0.3, -0.25) is 19.3 Å². The predicted molar refractivity (Wildman–Crippen MR) is 109 cm³/mol. The zero-order valence-electron chi connectivity index (χ0n) is 17.8. The molecule has 0 radical (unpaired) electrons. The number of hydrogen-bond donors (Lipinski definition) is 0. The molecule has 0 N–H and O–H groups in total. The zero-order chi connectivity index (χ0) is 21.1. The van der Waals surface area contributed by atoms with Crippen LogP contribution in [-0.4, -0.2) is 59.2 Å². The third-order valence-electron chi connectivity index (χ3n) is 5.76. The summed E-state index contributed by atoms with van der Waals surface area (Å²) in [5, 5.41) is 0. The SMILES string of the molecule is CCCCCCCOC(=O)C(CCCCN1C(=O)CCC1=O)N1CCCCC1=O. The summed E-state index contributed by atoms with van der Waals surface area (Å²) in [5.41, 5.74) is 0. The van der Waals surface area contributed by atoms with Crippen LogP contribution in [0.1, 0.15) is 90.4 Å². The molecule has 164 valence electrons. The molecular formula is C22H36N2O5. The Labute approximate surface area is 174 Å². The molecule has 2 fully saturated rings. The first kappa shape index (κ1) is 23.4. The van der Waals surface area contributed by atoms with Crippen LogP contribution in [0, 0.1) is 0 Å². The largest absolute Gasteiger partial charge is 0.464 e. The van der Waals surface area contributed by atoms with Crippen LogP contribution in [0.2, 0.25) is 0 Å². The summed E-state index contributed by atoms with van der Waals surface area (Å²) < 4.78 is 5.50. The number of imide groups is 1. The van der Waals surface area contributed by atoms with Gasteiger partial charge in [-0.2, -0.15) is 0 Å². The van der Waals surface area contributed by atoms with Gasteiger partial charge in [0.2, 0.25) is 17.7 Å². The van der Waals surface area contributed by atoms with E-state index in [-0.39, 0.29) is 23.7 Å². The van der Waals surface area contributed by atoms with Crippen LogP contribution < -0.4 is 0 Å². The Kier molecular flexibility index (Phi) is 10.2. The van der Waals surface area contributed by atoms with Gasteiger partial charge >= 0.3 is 5.97 Å². The summed E-state index contributed by atoms with van der Waals surface area (Å²) in [6, 6.07) is -0.552. The topological polar surface area (TPSA) is 84.0 Å². The van der Waals surface area contributed by atoms with Gasteiger partial charge in [0.05, 0.1) is 6.61 Å². The first-order valence-corrected chi connectivity index (χ1v) is 11.3. The maximum absolute atomic E-state index is 12.7. The maximum Gasteiger partial charge on any atom is 0.328 e. The van der Waals surface area contributed by atoms with Gasteiger partial charge in [-0.15, -0.1) is 0 Å². The number of piperidine rings is 1. The van der Waals surface area contributed by atoms with Crippen molar-refractivity contribution < 1.29 is 23.9 Å². The molecule has 0 bridgehead atoms. The van der Waals surface area contributed by atoms with Crippen LogP contribution in [-0.2, 0) is 23.9 Å². The van der Waals surface area contributed by atoms with E-state index in [9.17, 15) is 19.2 Å². The molecule has 2 rings (SSSR count). The fourth-order valence-electron chi connectivity index (χ4n) is 4.01. The van der Waals surface area contributed by atoms with E-state index in [1.807, 2.05) is 0 Å². The number of amides is 3. The van der Waals surface area contributed by atoms with Gasteiger partial charge in [0.1, 0.15) is 6.04 Å². The molecule has 0 aliphatic carbocycles. The lowest BCUT2D eigenvalue weighted by Crippen LogP contribution is -2.48. The molecule has 0 aromatic rings. The smallest absolute Gasteiger partial charge is 0.328 e. The number of carbonyl (C=O) groups excluding carboxylic acids is 4. The van der Waals surface area contributed by atoms with E-state index in [0.29, 0.717) is 58.2 Å². The Morgan fingerprint density at radius 1 is 0.897 bits per heavy atom. The van der Waals surface area contributed by atoms with Gasteiger partial charge in [-0.05, 0) is 38.5 Å². The van der Waals surface area contributed by atoms with Crippen LogP contribution in [0.3, 0.4) is 0 Å². The Bertz CT molecular complexity index is 562. The fraction of sp³-hybridized carbons (Fsp3) is 0.818. The van der Waals surface area contributed by atoms with Gasteiger partial charge in [-0.25, -0.2) is 4.79 Å². The normalized spacial score (nSPS) is 18.4. The first-order chi connectivity index (χ1) is 14.0. The summed E-state index contributed by atoms with van der Waals surface area (Å²) in [7, 11) is 0. The molecule has 0 aromatic carbocycles. The van der Waals surface area contributed by atoms with E-state index in [4.69, 9.17) is 4.74 Å². The molecule has 1 atom stereocenters. The van der Waals surface area contributed by atoms with Crippen molar-refractivity contribution in [3.05, 3.63) is 0 Å². The van der Waals surface area contributed by atoms with Crippen molar-refractivity contribution in [2.75, 3.05) is 19.7 Å². The average Bonchev–Trinajstić information content (AvgIpc) is 3.03. The second kappa shape index (κ2) is 12.6. The fourth-order valence-corrected chi connectivity index (χ4v) is 4.01. The van der Waals surface area contributed by atoms with Gasteiger partial charge in [0.15, 0.2) is 0 Å². The summed E-state index contributed by atoms with van der Waals surface area (Å²) in [6.07, 6.45) is 10.1. The summed E-state index contributed by atoms with van der Waals surface area (Å²) in [5.74, 6) is -0.518. The molecule has 0 saturated carbocycles. The number of unbranched alkanes of at least 4 members (excludes halogenated alkanes) is 5. The predicted octanol–water partition coefficient (Wildman–Crippen LogP) is 3.20. The minimum absolute atomic E-state index is 0.0195. The minimum Gasteiger partial charge on any atom is -0.464 e. The molecule has 0 aromatic heterocycles. The summed E-state index contributed by atoms with van der Waals surface area (Å²) in [6.45, 7) is 3.55. The molecule has 3 amide bonds. The Morgan fingerprint density at radius 2 is 1.62 bits per heavy atom. The minimum atomic E-state index is -0.552. The Balaban J connectivity index is 1.80. The van der Waals surface area contributed by atoms with Crippen molar-refractivity contribution in [2.45, 2.75) is 96.4 Å². The third kappa shape index (κ3) is 7.44. The highest BCUT2D eigenvalue weighted by molar-refractivity contribution is 6.01. The number of esters is 1. The van der Waals surface area contributed by atoms with Crippen molar-refractivity contribution in [1.29, 1.82) is 0 Å². The quantitative estimate of drug-likeness (QED) is 0.265. The lowest BCUT2D eigenvalue weighted by Gasteiger charge is -2.33. The Morgan fingerprint density at radius 3 is 2.31 bits per heavy atom. The second-order valence-electron chi connectivity index (χ2n) is 8.08. The van der Waals surface area contributed by atoms with E-state index in [1.54, 1.807) is 4.90 Å². The number of hydrogen-bond acceptors (Lipinski definition) is 5. The molecule has 2 heterocycles. The highest BCUT2D eigenvalue weighted by Crippen LogP contribution is 2.20. The molecule has 2 saturated heterocycles. The number of carbonyl (C=O) groups is 4. The van der Waals surface area contributed by atoms with Crippen LogP contribution in [0.5, 0.6) is 0 Å². The molecule has 1 unspecified atom stereocenters. The molecule has 2 aliphatic heterocycles. The lowest BCUT2D eigenvalue weighted by atomic mass is 10.0. The second-order valence-corrected chi connectivity index (χ2v) is 8.08. The van der Waals surface area contributed by atoms with Gasteiger partial charge in [0.25, 0.3) is 0 Å². The van der Waals surface area contributed by atoms with E-state index >= 15 is 0 Å². The number of rotatable bonds is 13. The highest BCUT2D eigenvalue weighted by atomic mass is 16.5. The van der Waals surface area contributed by atoms with Crippen LogP contribution in [0.25, 0.3) is 0 Å². The van der Waals surface area contributed by atoms with Gasteiger partial charge in [-0.1, -0.05) is 32.6 Å². The molecule has 29 heavy (non-hydrogen) atoms. The number of likely N-dealkylation sites (tertiary alicyclic amines) is 2. The van der Waals surface area contributed by atoms with Crippen LogP contribution >= 0.6 is 0 Å². The van der Waals surface area contributed by atoms with Crippen molar-refractivity contribution in [3.8, 4) is 0 Å². The molecule has 0 spiro atoms. The first-order valence-electron chi connectivity index (χ1n) is 11.3. The van der Waals surface area contributed by atoms with Crippen molar-refractivity contribution in [3.63, 3.8) is 0 Å². The monoisotopic (exact) mass is 408 g/mol. The highest BCUT2D eigenvalue weighted by Gasteiger charge is 2.32. The van der Waals surface area contributed by atoms with Crippen molar-refractivity contribution in [1.82, 2.24) is 9.80 Å². The van der Waals surface area contributed by atoms with Gasteiger partial charge in [0, 0.05) is 32.4 Å². The van der Waals surface area contributed by atoms with Crippen molar-refractivity contribution in [2.24, 2.45) is 0 Å². The van der Waals surface area contributed by atoms with E-state index in [2.05, 4.69) is 6.92 Å². The average molecular weight is 409 g/mol. The number of ether oxygens (including phenoxy) is 1. The third-order valence-corrected chi connectivity index (χ3v) is 5.76. The summed E-state index contributed by atoms with van der Waals surface area (Å²) in [4.78, 5) is 51.4. The lowest BCUT2D eigenvalue weighted by molar-refractivity contribution is -0.157. The standard InChI is InChI=1S/C22H36N2O5/c1-2-3-4-5-10-17-29-22(28)18(23-15-9-7-12-19(23)25)11-6-8-16-24-20(26)13-14-21(24)27/h18H,2-17H2,1H3. The molecule has 2 aliphatic rings. The van der Waals surface area contributed by atoms with Gasteiger partial charge < -0.3 is 9.64 Å². The number of nitrogens with zero attached hydrogens (tertiary/aromatic N) is 2. The van der Waals surface area contributed by atoms with Crippen LogP contribution in [0.4, 0.5) is 0 Å². The van der Waals surface area contributed by atoms with E-state index in [1.165, 1.54) is 17.7 Å². The zero-order valence-corrected chi connectivity index (χ0v) is 17.8. The molecular weight excluding hydrogens is 372 g/mol. The molecule has 7 nitrogen and oxygen atoms in total. The maximum atomic E-state index is 12.7. The van der Waals surface area contributed by atoms with E-state index in [0.717, 1.165) is 32.1 Å². The van der Waals surface area contributed by atoms with Crippen LogP contribution in [0.15, 0.2) is 0 Å².